The SMILES string of the molecule is C=Cc1ccc(CCCCC)cc1.C=Cc1ccc(CCCCCC)cc1.C=Cc1ccc(COC)cc1. The molecule has 3 rings (SSSR count). The zero-order valence-electron chi connectivity index (χ0n) is 24.3. The summed E-state index contributed by atoms with van der Waals surface area (Å²) in [7, 11) is 1.70. The first kappa shape index (κ1) is 32.9. The van der Waals surface area contributed by atoms with E-state index in [0.717, 1.165) is 5.56 Å². The first-order chi connectivity index (χ1) is 18.6. The van der Waals surface area contributed by atoms with Gasteiger partial charge in [0.1, 0.15) is 0 Å². The number of aryl methyl sites for hydroxylation is 2. The van der Waals surface area contributed by atoms with Crippen LogP contribution in [0.25, 0.3) is 18.2 Å². The van der Waals surface area contributed by atoms with Crippen molar-refractivity contribution in [1.29, 1.82) is 0 Å². The van der Waals surface area contributed by atoms with Gasteiger partial charge in [0.05, 0.1) is 6.61 Å². The molecule has 0 fully saturated rings. The number of rotatable bonds is 14. The van der Waals surface area contributed by atoms with E-state index in [0.29, 0.717) is 6.61 Å². The second-order valence-electron chi connectivity index (χ2n) is 9.54. The van der Waals surface area contributed by atoms with Gasteiger partial charge in [-0.25, -0.2) is 0 Å². The van der Waals surface area contributed by atoms with Gasteiger partial charge >= 0.3 is 0 Å². The Hall–Kier alpha value is -3.16. The Morgan fingerprint density at radius 1 is 0.500 bits per heavy atom. The summed E-state index contributed by atoms with van der Waals surface area (Å²) < 4.78 is 4.98. The number of methoxy groups -OCH3 is 1. The first-order valence-electron chi connectivity index (χ1n) is 14.2. The molecule has 3 aromatic rings. The Morgan fingerprint density at radius 2 is 0.842 bits per heavy atom. The predicted octanol–water partition coefficient (Wildman–Crippen LogP) is 11.0. The van der Waals surface area contributed by atoms with Crippen molar-refractivity contribution in [3.63, 3.8) is 0 Å². The molecule has 0 aliphatic rings. The summed E-state index contributed by atoms with van der Waals surface area (Å²) in [4.78, 5) is 0. The highest BCUT2D eigenvalue weighted by Gasteiger charge is 1.94. The maximum Gasteiger partial charge on any atom is 0.0713 e. The molecule has 3 aromatic carbocycles. The Bertz CT molecular complexity index is 994. The fraction of sp³-hybridized carbons (Fsp3) is 0.351. The molecule has 0 heterocycles. The van der Waals surface area contributed by atoms with Crippen LogP contribution in [0.5, 0.6) is 0 Å². The molecule has 0 atom stereocenters. The number of hydrogen-bond acceptors (Lipinski definition) is 1. The van der Waals surface area contributed by atoms with Crippen LogP contribution < -0.4 is 0 Å². The fourth-order valence-corrected chi connectivity index (χ4v) is 3.89. The molecular weight excluding hydrogens is 460 g/mol. The molecule has 0 unspecified atom stereocenters. The molecule has 1 heteroatoms. The monoisotopic (exact) mass is 510 g/mol. The van der Waals surface area contributed by atoms with Crippen molar-refractivity contribution in [1.82, 2.24) is 0 Å². The summed E-state index contributed by atoms with van der Waals surface area (Å²) in [6.45, 7) is 16.3. The smallest absolute Gasteiger partial charge is 0.0713 e. The molecule has 204 valence electrons. The van der Waals surface area contributed by atoms with Gasteiger partial charge < -0.3 is 4.74 Å². The molecule has 0 saturated carbocycles. The van der Waals surface area contributed by atoms with Crippen molar-refractivity contribution in [2.45, 2.75) is 78.2 Å². The number of benzene rings is 3. The van der Waals surface area contributed by atoms with Crippen LogP contribution >= 0.6 is 0 Å². The van der Waals surface area contributed by atoms with Crippen molar-refractivity contribution in [3.8, 4) is 0 Å². The number of hydrogen-bond donors (Lipinski definition) is 0. The van der Waals surface area contributed by atoms with Gasteiger partial charge in [-0.05, 0) is 59.1 Å². The Morgan fingerprint density at radius 3 is 1.18 bits per heavy atom. The Labute approximate surface area is 234 Å². The number of ether oxygens (including phenoxy) is 1. The van der Waals surface area contributed by atoms with E-state index in [1.807, 2.05) is 42.5 Å². The van der Waals surface area contributed by atoms with Gasteiger partial charge in [0.25, 0.3) is 0 Å². The van der Waals surface area contributed by atoms with E-state index in [4.69, 9.17) is 4.74 Å². The zero-order chi connectivity index (χ0) is 27.8. The minimum atomic E-state index is 0.678. The highest BCUT2D eigenvalue weighted by Crippen LogP contribution is 2.11. The van der Waals surface area contributed by atoms with Crippen LogP contribution in [0.3, 0.4) is 0 Å². The van der Waals surface area contributed by atoms with Gasteiger partial charge in [0.15, 0.2) is 0 Å². The minimum Gasteiger partial charge on any atom is -0.380 e. The van der Waals surface area contributed by atoms with Crippen LogP contribution in [0.4, 0.5) is 0 Å². The quantitative estimate of drug-likeness (QED) is 0.196. The van der Waals surface area contributed by atoms with Crippen LogP contribution in [0.15, 0.2) is 92.5 Å². The Kier molecular flexibility index (Phi) is 18.9. The van der Waals surface area contributed by atoms with E-state index in [1.54, 1.807) is 7.11 Å². The summed E-state index contributed by atoms with van der Waals surface area (Å²) in [5.74, 6) is 0. The van der Waals surface area contributed by atoms with Crippen molar-refractivity contribution in [3.05, 3.63) is 126 Å². The van der Waals surface area contributed by atoms with Crippen LogP contribution in [0.1, 0.15) is 92.2 Å². The molecule has 0 amide bonds. The highest BCUT2D eigenvalue weighted by atomic mass is 16.5. The number of unbranched alkanes of at least 4 members (excludes halogenated alkanes) is 5. The summed E-state index contributed by atoms with van der Waals surface area (Å²) in [5, 5.41) is 0. The lowest BCUT2D eigenvalue weighted by molar-refractivity contribution is 0.185. The maximum atomic E-state index is 4.98. The van der Waals surface area contributed by atoms with E-state index in [9.17, 15) is 0 Å². The van der Waals surface area contributed by atoms with Gasteiger partial charge in [0.2, 0.25) is 0 Å². The molecule has 0 aromatic heterocycles. The second-order valence-corrected chi connectivity index (χ2v) is 9.54. The maximum absolute atomic E-state index is 4.98. The average Bonchev–Trinajstić information content (AvgIpc) is 2.97. The summed E-state index contributed by atoms with van der Waals surface area (Å²) in [6.07, 6.45) is 17.3. The van der Waals surface area contributed by atoms with Crippen LogP contribution in [0, 0.1) is 0 Å². The van der Waals surface area contributed by atoms with Crippen molar-refractivity contribution in [2.24, 2.45) is 0 Å². The summed E-state index contributed by atoms with van der Waals surface area (Å²) in [5.41, 5.74) is 7.65. The Balaban J connectivity index is 0.000000287. The third-order valence-electron chi connectivity index (χ3n) is 6.35. The lowest BCUT2D eigenvalue weighted by Crippen LogP contribution is -1.85. The van der Waals surface area contributed by atoms with Crippen molar-refractivity contribution in [2.75, 3.05) is 7.11 Å². The first-order valence-corrected chi connectivity index (χ1v) is 14.2. The van der Waals surface area contributed by atoms with Crippen LogP contribution in [-0.2, 0) is 24.2 Å². The van der Waals surface area contributed by atoms with Gasteiger partial charge in [0, 0.05) is 7.11 Å². The van der Waals surface area contributed by atoms with E-state index < -0.39 is 0 Å². The van der Waals surface area contributed by atoms with Crippen molar-refractivity contribution >= 4 is 18.2 Å². The molecule has 0 saturated heterocycles. The minimum absolute atomic E-state index is 0.678. The molecular formula is C37H50O. The largest absolute Gasteiger partial charge is 0.380 e. The normalized spacial score (nSPS) is 9.87. The zero-order valence-corrected chi connectivity index (χ0v) is 24.3. The summed E-state index contributed by atoms with van der Waals surface area (Å²) >= 11 is 0. The van der Waals surface area contributed by atoms with E-state index in [2.05, 4.69) is 82.1 Å². The molecule has 0 bridgehead atoms. The van der Waals surface area contributed by atoms with Crippen LogP contribution in [0.2, 0.25) is 0 Å². The fourth-order valence-electron chi connectivity index (χ4n) is 3.89. The van der Waals surface area contributed by atoms with Gasteiger partial charge in [-0.3, -0.25) is 0 Å². The molecule has 0 aliphatic heterocycles. The van der Waals surface area contributed by atoms with Gasteiger partial charge in [-0.1, -0.05) is 157 Å². The lowest BCUT2D eigenvalue weighted by atomic mass is 10.0. The van der Waals surface area contributed by atoms with Crippen molar-refractivity contribution < 1.29 is 4.74 Å². The standard InChI is InChI=1S/C14H20.C13H18.C10H12O/c1-3-5-6-7-8-14-11-9-13(4-2)10-12-14;1-3-5-6-7-13-10-8-12(4-2)9-11-13;1-3-9-4-6-10(7-5-9)8-11-2/h4,9-12H,2-3,5-8H2,1H3;4,8-11H,2-3,5-7H2,1H3;3-7H,1,8H2,2H3. The van der Waals surface area contributed by atoms with Crippen LogP contribution in [-0.4, -0.2) is 7.11 Å². The predicted molar refractivity (Wildman–Crippen MR) is 171 cm³/mol. The molecule has 1 nitrogen and oxygen atoms in total. The second kappa shape index (κ2) is 21.9. The third kappa shape index (κ3) is 15.2. The molecule has 38 heavy (non-hydrogen) atoms. The van der Waals surface area contributed by atoms with E-state index >= 15 is 0 Å². The van der Waals surface area contributed by atoms with Gasteiger partial charge in [-0.2, -0.15) is 0 Å². The molecule has 0 aliphatic carbocycles. The topological polar surface area (TPSA) is 9.23 Å². The lowest BCUT2D eigenvalue weighted by Gasteiger charge is -2.01. The average molecular weight is 511 g/mol. The summed E-state index contributed by atoms with van der Waals surface area (Å²) in [6, 6.07) is 25.5. The molecule has 0 N–H and O–H groups in total. The molecule has 0 radical (unpaired) electrons. The third-order valence-corrected chi connectivity index (χ3v) is 6.35. The van der Waals surface area contributed by atoms with E-state index in [-0.39, 0.29) is 0 Å². The van der Waals surface area contributed by atoms with E-state index in [1.165, 1.54) is 85.6 Å². The molecule has 0 spiro atoms. The van der Waals surface area contributed by atoms with Gasteiger partial charge in [-0.15, -0.1) is 0 Å². The highest BCUT2D eigenvalue weighted by molar-refractivity contribution is 5.48.